The Morgan fingerprint density at radius 3 is 2.67 bits per heavy atom. The lowest BCUT2D eigenvalue weighted by Gasteiger charge is -2.16. The number of nitriles is 1. The Morgan fingerprint density at radius 2 is 2.17 bits per heavy atom. The number of halogens is 1. The number of ether oxygens (including phenoxy) is 1. The zero-order valence-corrected chi connectivity index (χ0v) is 10.1. The Hall–Kier alpha value is -1.73. The van der Waals surface area contributed by atoms with E-state index in [1.807, 2.05) is 13.0 Å². The van der Waals surface area contributed by atoms with Gasteiger partial charge in [0, 0.05) is 12.5 Å². The van der Waals surface area contributed by atoms with Crippen LogP contribution in [0.25, 0.3) is 0 Å². The van der Waals surface area contributed by atoms with Crippen LogP contribution in [0.1, 0.15) is 24.8 Å². The molecule has 1 aliphatic rings. The Labute approximate surface area is 105 Å². The van der Waals surface area contributed by atoms with Crippen molar-refractivity contribution in [1.82, 2.24) is 0 Å². The number of carbonyl (C=O) groups is 1. The number of rotatable bonds is 3. The molecule has 2 rings (SSSR count). The molecule has 3 atom stereocenters. The molecule has 0 saturated carbocycles. The first kappa shape index (κ1) is 12.7. The van der Waals surface area contributed by atoms with Crippen LogP contribution < -0.4 is 0 Å². The molecule has 0 amide bonds. The van der Waals surface area contributed by atoms with Crippen LogP contribution in [0.15, 0.2) is 24.3 Å². The first-order valence-electron chi connectivity index (χ1n) is 5.94. The summed E-state index contributed by atoms with van der Waals surface area (Å²) in [5, 5.41) is 9.16. The number of carbonyl (C=O) groups excluding carboxylic acids is 1. The molecule has 1 aromatic carbocycles. The van der Waals surface area contributed by atoms with Crippen LogP contribution in [0.2, 0.25) is 0 Å². The van der Waals surface area contributed by atoms with Gasteiger partial charge in [0.25, 0.3) is 0 Å². The van der Waals surface area contributed by atoms with Crippen molar-refractivity contribution < 1.29 is 13.9 Å². The Balaban J connectivity index is 2.21. The Bertz CT molecular complexity index is 478. The third kappa shape index (κ3) is 2.41. The van der Waals surface area contributed by atoms with Gasteiger partial charge < -0.3 is 4.74 Å². The fourth-order valence-electron chi connectivity index (χ4n) is 2.28. The van der Waals surface area contributed by atoms with Gasteiger partial charge in [0.05, 0.1) is 12.2 Å². The van der Waals surface area contributed by atoms with Gasteiger partial charge in [-0.05, 0) is 31.0 Å². The molecule has 18 heavy (non-hydrogen) atoms. The summed E-state index contributed by atoms with van der Waals surface area (Å²) in [7, 11) is 0. The van der Waals surface area contributed by atoms with E-state index in [0.717, 1.165) is 0 Å². The molecule has 0 N–H and O–H groups in total. The van der Waals surface area contributed by atoms with Crippen LogP contribution in [0.4, 0.5) is 4.39 Å². The fraction of sp³-hybridized carbons (Fsp3) is 0.429. The highest BCUT2D eigenvalue weighted by molar-refractivity contribution is 5.91. The summed E-state index contributed by atoms with van der Waals surface area (Å²) < 4.78 is 18.2. The van der Waals surface area contributed by atoms with E-state index in [9.17, 15) is 9.18 Å². The summed E-state index contributed by atoms with van der Waals surface area (Å²) in [6.07, 6.45) is 0.508. The van der Waals surface area contributed by atoms with E-state index in [-0.39, 0.29) is 23.6 Å². The Kier molecular flexibility index (Phi) is 3.73. The predicted octanol–water partition coefficient (Wildman–Crippen LogP) is 2.43. The highest BCUT2D eigenvalue weighted by Gasteiger charge is 2.35. The average molecular weight is 247 g/mol. The summed E-state index contributed by atoms with van der Waals surface area (Å²) in [5.74, 6) is -1.57. The predicted molar refractivity (Wildman–Crippen MR) is 63.3 cm³/mol. The molecule has 94 valence electrons. The second-order valence-electron chi connectivity index (χ2n) is 4.49. The summed E-state index contributed by atoms with van der Waals surface area (Å²) in [5.41, 5.74) is 0.544. The first-order valence-corrected chi connectivity index (χ1v) is 5.94. The van der Waals surface area contributed by atoms with E-state index in [4.69, 9.17) is 10.00 Å². The molecule has 0 bridgehead atoms. The maximum Gasteiger partial charge on any atom is 0.160 e. The van der Waals surface area contributed by atoms with Gasteiger partial charge in [-0.15, -0.1) is 0 Å². The number of nitrogens with zero attached hydrogens (tertiary/aromatic N) is 1. The van der Waals surface area contributed by atoms with Gasteiger partial charge in [-0.25, -0.2) is 4.39 Å². The standard InChI is InChI=1S/C14H14FNO2/c1-9-12(6-7-18-9)14(17)13(8-16)10-2-4-11(15)5-3-10/h2-5,9,12-13H,6-7H2,1H3. The van der Waals surface area contributed by atoms with Gasteiger partial charge in [0.15, 0.2) is 5.78 Å². The topological polar surface area (TPSA) is 50.1 Å². The van der Waals surface area contributed by atoms with E-state index in [1.54, 1.807) is 0 Å². The minimum Gasteiger partial charge on any atom is -0.378 e. The lowest BCUT2D eigenvalue weighted by Crippen LogP contribution is -2.26. The zero-order valence-electron chi connectivity index (χ0n) is 10.1. The molecule has 0 aliphatic carbocycles. The van der Waals surface area contributed by atoms with E-state index < -0.39 is 5.92 Å². The van der Waals surface area contributed by atoms with Crippen LogP contribution in [0, 0.1) is 23.1 Å². The first-order chi connectivity index (χ1) is 8.63. The lowest BCUT2D eigenvalue weighted by molar-refractivity contribution is -0.124. The molecule has 1 saturated heterocycles. The van der Waals surface area contributed by atoms with Crippen molar-refractivity contribution in [2.24, 2.45) is 5.92 Å². The largest absolute Gasteiger partial charge is 0.378 e. The van der Waals surface area contributed by atoms with Crippen molar-refractivity contribution in [3.05, 3.63) is 35.6 Å². The van der Waals surface area contributed by atoms with Gasteiger partial charge in [0.2, 0.25) is 0 Å². The van der Waals surface area contributed by atoms with E-state index in [1.165, 1.54) is 24.3 Å². The number of ketones is 1. The summed E-state index contributed by atoms with van der Waals surface area (Å²) in [4.78, 5) is 12.3. The number of hydrogen-bond donors (Lipinski definition) is 0. The molecule has 1 aliphatic heterocycles. The second-order valence-corrected chi connectivity index (χ2v) is 4.49. The SMILES string of the molecule is CC1OCCC1C(=O)C(C#N)c1ccc(F)cc1. The maximum atomic E-state index is 12.8. The Morgan fingerprint density at radius 1 is 1.50 bits per heavy atom. The summed E-state index contributed by atoms with van der Waals surface area (Å²) in [6.45, 7) is 2.40. The third-order valence-corrected chi connectivity index (χ3v) is 3.36. The van der Waals surface area contributed by atoms with Crippen LogP contribution >= 0.6 is 0 Å². The molecule has 3 unspecified atom stereocenters. The highest BCUT2D eigenvalue weighted by atomic mass is 19.1. The molecule has 0 aromatic heterocycles. The van der Waals surface area contributed by atoms with Gasteiger partial charge in [0.1, 0.15) is 11.7 Å². The monoisotopic (exact) mass is 247 g/mol. The average Bonchev–Trinajstić information content (AvgIpc) is 2.78. The third-order valence-electron chi connectivity index (χ3n) is 3.36. The molecule has 1 aromatic rings. The molecule has 4 heteroatoms. The van der Waals surface area contributed by atoms with Gasteiger partial charge >= 0.3 is 0 Å². The molecule has 0 radical (unpaired) electrons. The highest BCUT2D eigenvalue weighted by Crippen LogP contribution is 2.28. The zero-order chi connectivity index (χ0) is 13.1. The molecular weight excluding hydrogens is 233 g/mol. The molecule has 0 spiro atoms. The minimum atomic E-state index is -0.834. The van der Waals surface area contributed by atoms with Crippen LogP contribution in [-0.2, 0) is 9.53 Å². The molecule has 1 heterocycles. The van der Waals surface area contributed by atoms with Crippen molar-refractivity contribution in [2.45, 2.75) is 25.4 Å². The smallest absolute Gasteiger partial charge is 0.160 e. The van der Waals surface area contributed by atoms with Crippen molar-refractivity contribution in [3.8, 4) is 6.07 Å². The van der Waals surface area contributed by atoms with Crippen molar-refractivity contribution in [3.63, 3.8) is 0 Å². The van der Waals surface area contributed by atoms with Crippen molar-refractivity contribution in [2.75, 3.05) is 6.61 Å². The number of hydrogen-bond acceptors (Lipinski definition) is 3. The maximum absolute atomic E-state index is 12.8. The van der Waals surface area contributed by atoms with Crippen LogP contribution in [-0.4, -0.2) is 18.5 Å². The van der Waals surface area contributed by atoms with E-state index >= 15 is 0 Å². The van der Waals surface area contributed by atoms with Crippen molar-refractivity contribution in [1.29, 1.82) is 5.26 Å². The number of Topliss-reactive ketones (excluding diaryl/α,β-unsaturated/α-hetero) is 1. The summed E-state index contributed by atoms with van der Waals surface area (Å²) >= 11 is 0. The number of benzene rings is 1. The molecule has 1 fully saturated rings. The van der Waals surface area contributed by atoms with E-state index in [0.29, 0.717) is 18.6 Å². The van der Waals surface area contributed by atoms with Crippen molar-refractivity contribution >= 4 is 5.78 Å². The normalized spacial score (nSPS) is 24.5. The second kappa shape index (κ2) is 5.28. The van der Waals surface area contributed by atoms with E-state index in [2.05, 4.69) is 0 Å². The van der Waals surface area contributed by atoms with Crippen LogP contribution in [0.3, 0.4) is 0 Å². The van der Waals surface area contributed by atoms with Gasteiger partial charge in [-0.2, -0.15) is 5.26 Å². The minimum absolute atomic E-state index is 0.130. The summed E-state index contributed by atoms with van der Waals surface area (Å²) in [6, 6.07) is 7.51. The quantitative estimate of drug-likeness (QED) is 0.824. The van der Waals surface area contributed by atoms with Gasteiger partial charge in [-0.3, -0.25) is 4.79 Å². The van der Waals surface area contributed by atoms with Crippen LogP contribution in [0.5, 0.6) is 0 Å². The van der Waals surface area contributed by atoms with Gasteiger partial charge in [-0.1, -0.05) is 12.1 Å². The fourth-order valence-corrected chi connectivity index (χ4v) is 2.28. The molecular formula is C14H14FNO2. The lowest BCUT2D eigenvalue weighted by atomic mass is 9.85. The molecule has 3 nitrogen and oxygen atoms in total.